The van der Waals surface area contributed by atoms with Crippen LogP contribution in [0.1, 0.15) is 51.0 Å². The van der Waals surface area contributed by atoms with E-state index >= 15 is 0 Å². The molecule has 0 spiro atoms. The standard InChI is InChI=1S/C18H29N3/c1-2-10-19-18-8-7-15(12-20-18)13-21-11-9-16-5-3-4-6-17(16)14-21/h7-8,12,16-17H,2-6,9-11,13-14H2,1H3,(H,19,20). The van der Waals surface area contributed by atoms with Gasteiger partial charge >= 0.3 is 0 Å². The molecular formula is C18H29N3. The van der Waals surface area contributed by atoms with Gasteiger partial charge in [-0.3, -0.25) is 4.90 Å². The Kier molecular flexibility index (Phi) is 5.13. The summed E-state index contributed by atoms with van der Waals surface area (Å²) in [5.74, 6) is 2.99. The smallest absolute Gasteiger partial charge is 0.125 e. The Hall–Kier alpha value is -1.09. The largest absolute Gasteiger partial charge is 0.370 e. The lowest BCUT2D eigenvalue weighted by Crippen LogP contribution is -2.41. The first-order chi connectivity index (χ1) is 10.3. The first-order valence-corrected chi connectivity index (χ1v) is 8.76. The van der Waals surface area contributed by atoms with Crippen molar-refractivity contribution in [3.05, 3.63) is 23.9 Å². The first kappa shape index (κ1) is 14.8. The summed E-state index contributed by atoms with van der Waals surface area (Å²) in [6, 6.07) is 4.36. The van der Waals surface area contributed by atoms with Crippen LogP contribution in [0.15, 0.2) is 18.3 Å². The minimum Gasteiger partial charge on any atom is -0.370 e. The van der Waals surface area contributed by atoms with Crippen LogP contribution in [-0.2, 0) is 6.54 Å². The van der Waals surface area contributed by atoms with Crippen LogP contribution < -0.4 is 5.32 Å². The molecule has 3 heteroatoms. The normalized spacial score (nSPS) is 26.3. The van der Waals surface area contributed by atoms with Gasteiger partial charge in [-0.2, -0.15) is 0 Å². The molecule has 1 aromatic rings. The molecule has 0 aromatic carbocycles. The maximum atomic E-state index is 4.53. The van der Waals surface area contributed by atoms with Crippen molar-refractivity contribution in [2.45, 2.75) is 52.0 Å². The minimum atomic E-state index is 0.964. The summed E-state index contributed by atoms with van der Waals surface area (Å²) in [6.45, 7) is 6.83. The molecular weight excluding hydrogens is 258 g/mol. The zero-order valence-electron chi connectivity index (χ0n) is 13.4. The molecule has 0 radical (unpaired) electrons. The molecule has 2 aliphatic rings. The average molecular weight is 287 g/mol. The molecule has 1 aromatic heterocycles. The Bertz CT molecular complexity index is 429. The van der Waals surface area contributed by atoms with Gasteiger partial charge in [0.15, 0.2) is 0 Å². The lowest BCUT2D eigenvalue weighted by Gasteiger charge is -2.41. The van der Waals surface area contributed by atoms with E-state index in [-0.39, 0.29) is 0 Å². The molecule has 3 rings (SSSR count). The SMILES string of the molecule is CCCNc1ccc(CN2CCC3CCCCC3C2)cn1. The summed E-state index contributed by atoms with van der Waals surface area (Å²) in [6.07, 6.45) is 10.5. The summed E-state index contributed by atoms with van der Waals surface area (Å²) in [5.41, 5.74) is 1.35. The molecule has 1 saturated carbocycles. The van der Waals surface area contributed by atoms with Gasteiger partial charge in [0.1, 0.15) is 5.82 Å². The summed E-state index contributed by atoms with van der Waals surface area (Å²) in [4.78, 5) is 7.17. The molecule has 1 N–H and O–H groups in total. The number of anilines is 1. The zero-order chi connectivity index (χ0) is 14.5. The van der Waals surface area contributed by atoms with Gasteiger partial charge in [-0.1, -0.05) is 32.3 Å². The molecule has 0 bridgehead atoms. The van der Waals surface area contributed by atoms with E-state index in [0.29, 0.717) is 0 Å². The Morgan fingerprint density at radius 3 is 2.81 bits per heavy atom. The Morgan fingerprint density at radius 1 is 1.19 bits per heavy atom. The molecule has 1 aliphatic carbocycles. The number of piperidine rings is 1. The number of hydrogen-bond donors (Lipinski definition) is 1. The van der Waals surface area contributed by atoms with Crippen molar-refractivity contribution < 1.29 is 0 Å². The third kappa shape index (κ3) is 3.97. The molecule has 0 amide bonds. The van der Waals surface area contributed by atoms with Gasteiger partial charge in [0.05, 0.1) is 0 Å². The maximum Gasteiger partial charge on any atom is 0.125 e. The number of nitrogens with zero attached hydrogens (tertiary/aromatic N) is 2. The molecule has 21 heavy (non-hydrogen) atoms. The van der Waals surface area contributed by atoms with E-state index in [9.17, 15) is 0 Å². The fourth-order valence-corrected chi connectivity index (χ4v) is 3.95. The average Bonchev–Trinajstić information content (AvgIpc) is 2.54. The number of hydrogen-bond acceptors (Lipinski definition) is 3. The van der Waals surface area contributed by atoms with E-state index in [1.807, 2.05) is 6.20 Å². The van der Waals surface area contributed by atoms with Gasteiger partial charge < -0.3 is 5.32 Å². The summed E-state index contributed by atoms with van der Waals surface area (Å²) < 4.78 is 0. The molecule has 1 saturated heterocycles. The minimum absolute atomic E-state index is 0.964. The van der Waals surface area contributed by atoms with E-state index < -0.39 is 0 Å². The van der Waals surface area contributed by atoms with Crippen molar-refractivity contribution in [3.63, 3.8) is 0 Å². The van der Waals surface area contributed by atoms with Gasteiger partial charge in [-0.25, -0.2) is 4.98 Å². The summed E-state index contributed by atoms with van der Waals surface area (Å²) in [5, 5.41) is 3.34. The fourth-order valence-electron chi connectivity index (χ4n) is 3.95. The van der Waals surface area contributed by atoms with Gasteiger partial charge in [0.25, 0.3) is 0 Å². The lowest BCUT2D eigenvalue weighted by molar-refractivity contribution is 0.0820. The van der Waals surface area contributed by atoms with Gasteiger partial charge in [-0.05, 0) is 49.3 Å². The fraction of sp³-hybridized carbons (Fsp3) is 0.722. The lowest BCUT2D eigenvalue weighted by atomic mass is 9.75. The van der Waals surface area contributed by atoms with E-state index in [0.717, 1.165) is 37.2 Å². The van der Waals surface area contributed by atoms with E-state index in [1.165, 1.54) is 50.8 Å². The number of fused-ring (bicyclic) bond motifs is 1. The zero-order valence-corrected chi connectivity index (χ0v) is 13.4. The van der Waals surface area contributed by atoms with E-state index in [1.54, 1.807) is 0 Å². The third-order valence-electron chi connectivity index (χ3n) is 5.16. The number of rotatable bonds is 5. The van der Waals surface area contributed by atoms with Crippen molar-refractivity contribution in [2.75, 3.05) is 25.0 Å². The topological polar surface area (TPSA) is 28.2 Å². The maximum absolute atomic E-state index is 4.53. The monoisotopic (exact) mass is 287 g/mol. The highest BCUT2D eigenvalue weighted by molar-refractivity contribution is 5.35. The third-order valence-corrected chi connectivity index (χ3v) is 5.16. The van der Waals surface area contributed by atoms with Gasteiger partial charge in [0, 0.05) is 25.8 Å². The number of pyridine rings is 1. The Labute approximate surface area is 129 Å². The van der Waals surface area contributed by atoms with Crippen LogP contribution >= 0.6 is 0 Å². The molecule has 2 fully saturated rings. The van der Waals surface area contributed by atoms with Crippen molar-refractivity contribution in [1.82, 2.24) is 9.88 Å². The predicted molar refractivity (Wildman–Crippen MR) is 88.4 cm³/mol. The number of aromatic nitrogens is 1. The van der Waals surface area contributed by atoms with Gasteiger partial charge in [0.2, 0.25) is 0 Å². The highest BCUT2D eigenvalue weighted by Gasteiger charge is 2.30. The molecule has 116 valence electrons. The Balaban J connectivity index is 1.52. The summed E-state index contributed by atoms with van der Waals surface area (Å²) in [7, 11) is 0. The van der Waals surface area contributed by atoms with Gasteiger partial charge in [-0.15, -0.1) is 0 Å². The molecule has 3 nitrogen and oxygen atoms in total. The molecule has 2 heterocycles. The highest BCUT2D eigenvalue weighted by atomic mass is 15.1. The van der Waals surface area contributed by atoms with Crippen LogP contribution in [-0.4, -0.2) is 29.5 Å². The van der Waals surface area contributed by atoms with Crippen LogP contribution in [0.3, 0.4) is 0 Å². The van der Waals surface area contributed by atoms with Crippen LogP contribution in [0.5, 0.6) is 0 Å². The number of nitrogens with one attached hydrogen (secondary N) is 1. The molecule has 1 aliphatic heterocycles. The second kappa shape index (κ2) is 7.26. The van der Waals surface area contributed by atoms with Crippen LogP contribution in [0.2, 0.25) is 0 Å². The second-order valence-corrected chi connectivity index (χ2v) is 6.81. The molecule has 2 unspecified atom stereocenters. The van der Waals surface area contributed by atoms with Crippen LogP contribution in [0.4, 0.5) is 5.82 Å². The van der Waals surface area contributed by atoms with Crippen molar-refractivity contribution >= 4 is 5.82 Å². The first-order valence-electron chi connectivity index (χ1n) is 8.76. The number of likely N-dealkylation sites (tertiary alicyclic amines) is 1. The second-order valence-electron chi connectivity index (χ2n) is 6.81. The van der Waals surface area contributed by atoms with E-state index in [2.05, 4.69) is 34.3 Å². The van der Waals surface area contributed by atoms with Crippen LogP contribution in [0.25, 0.3) is 0 Å². The predicted octanol–water partition coefficient (Wildman–Crippen LogP) is 3.92. The molecule has 2 atom stereocenters. The highest BCUT2D eigenvalue weighted by Crippen LogP contribution is 2.36. The van der Waals surface area contributed by atoms with Crippen molar-refractivity contribution in [3.8, 4) is 0 Å². The summed E-state index contributed by atoms with van der Waals surface area (Å²) >= 11 is 0. The van der Waals surface area contributed by atoms with E-state index in [4.69, 9.17) is 0 Å². The van der Waals surface area contributed by atoms with Crippen LogP contribution in [0, 0.1) is 11.8 Å². The van der Waals surface area contributed by atoms with Crippen molar-refractivity contribution in [1.29, 1.82) is 0 Å². The quantitative estimate of drug-likeness (QED) is 0.890. The Morgan fingerprint density at radius 2 is 2.05 bits per heavy atom. The van der Waals surface area contributed by atoms with Crippen molar-refractivity contribution in [2.24, 2.45) is 11.8 Å².